The minimum atomic E-state index is 0.733. The Balaban J connectivity index is 1.98. The van der Waals surface area contributed by atoms with E-state index in [-0.39, 0.29) is 0 Å². The highest BCUT2D eigenvalue weighted by Gasteiger charge is 2.19. The number of pyridine rings is 1. The Bertz CT molecular complexity index is 1150. The molecule has 0 saturated carbocycles. The summed E-state index contributed by atoms with van der Waals surface area (Å²) in [5.41, 5.74) is 4.43. The third kappa shape index (κ3) is 3.23. The van der Waals surface area contributed by atoms with E-state index in [0.29, 0.717) is 0 Å². The monoisotopic (exact) mass is 392 g/mol. The first-order valence-electron chi connectivity index (χ1n) is 9.99. The molecule has 3 heterocycles. The molecule has 0 aliphatic carbocycles. The normalized spacial score (nSPS) is 11.7. The van der Waals surface area contributed by atoms with Crippen LogP contribution in [-0.4, -0.2) is 46.3 Å². The van der Waals surface area contributed by atoms with Gasteiger partial charge in [0.2, 0.25) is 0 Å². The van der Waals surface area contributed by atoms with Gasteiger partial charge in [0.05, 0.1) is 32.1 Å². The lowest BCUT2D eigenvalue weighted by molar-refractivity contribution is 0.247. The van der Waals surface area contributed by atoms with Crippen LogP contribution in [-0.2, 0) is 13.7 Å². The first kappa shape index (κ1) is 19.3. The van der Waals surface area contributed by atoms with Crippen molar-refractivity contribution in [2.75, 3.05) is 27.3 Å². The molecule has 152 valence electrons. The third-order valence-corrected chi connectivity index (χ3v) is 5.66. The molecule has 0 N–H and O–H groups in total. The maximum Gasteiger partial charge on any atom is 0.162 e. The highest BCUT2D eigenvalue weighted by molar-refractivity contribution is 5.99. The molecule has 0 atom stereocenters. The molecule has 0 unspecified atom stereocenters. The molecule has 0 fully saturated rings. The number of benzene rings is 1. The van der Waals surface area contributed by atoms with E-state index in [1.54, 1.807) is 14.2 Å². The minimum absolute atomic E-state index is 0.733. The maximum atomic E-state index is 5.57. The summed E-state index contributed by atoms with van der Waals surface area (Å²) in [6.07, 6.45) is 4.04. The van der Waals surface area contributed by atoms with Gasteiger partial charge >= 0.3 is 0 Å². The van der Waals surface area contributed by atoms with E-state index in [2.05, 4.69) is 64.3 Å². The van der Waals surface area contributed by atoms with Crippen LogP contribution in [0, 0.1) is 0 Å². The van der Waals surface area contributed by atoms with Gasteiger partial charge in [-0.1, -0.05) is 13.8 Å². The number of hydrogen-bond donors (Lipinski definition) is 0. The zero-order valence-corrected chi connectivity index (χ0v) is 17.8. The Morgan fingerprint density at radius 3 is 2.45 bits per heavy atom. The molecule has 0 aliphatic heterocycles. The summed E-state index contributed by atoms with van der Waals surface area (Å²) in [6, 6.07) is 10.4. The average molecular weight is 393 g/mol. The number of fused-ring (bicyclic) bond motifs is 2. The number of aryl methyl sites for hydroxylation is 1. The van der Waals surface area contributed by atoms with Gasteiger partial charge in [-0.15, -0.1) is 0 Å². The first-order valence-corrected chi connectivity index (χ1v) is 9.99. The van der Waals surface area contributed by atoms with E-state index in [0.717, 1.165) is 64.5 Å². The third-order valence-electron chi connectivity index (χ3n) is 5.66. The zero-order valence-electron chi connectivity index (χ0n) is 17.8. The summed E-state index contributed by atoms with van der Waals surface area (Å²) in [6.45, 7) is 7.16. The van der Waals surface area contributed by atoms with Crippen molar-refractivity contribution in [1.29, 1.82) is 0 Å². The lowest BCUT2D eigenvalue weighted by atomic mass is 10.1. The second-order valence-corrected chi connectivity index (χ2v) is 7.20. The molecular formula is C23H28N4O2. The van der Waals surface area contributed by atoms with Gasteiger partial charge in [0, 0.05) is 41.8 Å². The predicted octanol–water partition coefficient (Wildman–Crippen LogP) is 4.51. The molecule has 3 aromatic heterocycles. The highest BCUT2D eigenvalue weighted by Crippen LogP contribution is 2.39. The van der Waals surface area contributed by atoms with Crippen molar-refractivity contribution >= 4 is 21.9 Å². The Morgan fingerprint density at radius 1 is 1.03 bits per heavy atom. The topological polar surface area (TPSA) is 44.5 Å². The first-order chi connectivity index (χ1) is 14.1. The summed E-state index contributed by atoms with van der Waals surface area (Å²) >= 11 is 0. The van der Waals surface area contributed by atoms with E-state index in [4.69, 9.17) is 9.47 Å². The molecule has 0 spiro atoms. The largest absolute Gasteiger partial charge is 0.493 e. The summed E-state index contributed by atoms with van der Waals surface area (Å²) in [7, 11) is 5.40. The number of hydrogen-bond acceptors (Lipinski definition) is 4. The van der Waals surface area contributed by atoms with E-state index in [1.165, 1.54) is 0 Å². The van der Waals surface area contributed by atoms with Crippen LogP contribution < -0.4 is 9.47 Å². The van der Waals surface area contributed by atoms with Crippen LogP contribution in [0.15, 0.2) is 42.7 Å². The van der Waals surface area contributed by atoms with Gasteiger partial charge in [0.15, 0.2) is 11.5 Å². The SMILES string of the molecule is CCN(CC)Cn1c(-c2cn(C)c3cc(OC)c(OC)cc23)cc2cccnc21. The molecule has 1 aromatic carbocycles. The smallest absolute Gasteiger partial charge is 0.162 e. The van der Waals surface area contributed by atoms with Gasteiger partial charge in [-0.05, 0) is 37.4 Å². The molecule has 29 heavy (non-hydrogen) atoms. The van der Waals surface area contributed by atoms with Crippen LogP contribution in [0.5, 0.6) is 11.5 Å². The Labute approximate surface area is 171 Å². The molecule has 0 amide bonds. The van der Waals surface area contributed by atoms with E-state index >= 15 is 0 Å². The second-order valence-electron chi connectivity index (χ2n) is 7.20. The van der Waals surface area contributed by atoms with Crippen LogP contribution in [0.2, 0.25) is 0 Å². The Kier molecular flexibility index (Phi) is 5.20. The molecule has 0 aliphatic rings. The molecule has 0 bridgehead atoms. The van der Waals surface area contributed by atoms with E-state index < -0.39 is 0 Å². The fourth-order valence-corrected chi connectivity index (χ4v) is 3.99. The van der Waals surface area contributed by atoms with Crippen LogP contribution >= 0.6 is 0 Å². The van der Waals surface area contributed by atoms with Crippen molar-refractivity contribution in [3.63, 3.8) is 0 Å². The van der Waals surface area contributed by atoms with Crippen molar-refractivity contribution in [2.24, 2.45) is 7.05 Å². The molecule has 6 heteroatoms. The number of ether oxygens (including phenoxy) is 2. The van der Waals surface area contributed by atoms with Crippen molar-refractivity contribution in [3.05, 3.63) is 42.7 Å². The minimum Gasteiger partial charge on any atom is -0.493 e. The van der Waals surface area contributed by atoms with Crippen molar-refractivity contribution in [1.82, 2.24) is 19.0 Å². The quantitative estimate of drug-likeness (QED) is 0.464. The summed E-state index contributed by atoms with van der Waals surface area (Å²) in [5, 5.41) is 2.28. The standard InChI is InChI=1S/C23H28N4O2/c1-6-26(7-2)15-27-20(11-16-9-8-10-24-23(16)27)18-14-25(3)19-13-22(29-5)21(28-4)12-17(18)19/h8-14H,6-7,15H2,1-5H3. The number of nitrogens with zero attached hydrogens (tertiary/aromatic N) is 4. The fourth-order valence-electron chi connectivity index (χ4n) is 3.99. The molecule has 0 radical (unpaired) electrons. The number of rotatable bonds is 7. The van der Waals surface area contributed by atoms with Crippen molar-refractivity contribution in [2.45, 2.75) is 20.5 Å². The molecular weight excluding hydrogens is 364 g/mol. The van der Waals surface area contributed by atoms with Gasteiger partial charge < -0.3 is 18.6 Å². The molecule has 4 rings (SSSR count). The van der Waals surface area contributed by atoms with Gasteiger partial charge in [0.1, 0.15) is 5.65 Å². The van der Waals surface area contributed by atoms with Crippen molar-refractivity contribution in [3.8, 4) is 22.8 Å². The number of methoxy groups -OCH3 is 2. The summed E-state index contributed by atoms with van der Waals surface area (Å²) < 4.78 is 15.5. The summed E-state index contributed by atoms with van der Waals surface area (Å²) in [5.74, 6) is 1.47. The maximum absolute atomic E-state index is 5.57. The van der Waals surface area contributed by atoms with Gasteiger partial charge in [-0.25, -0.2) is 4.98 Å². The van der Waals surface area contributed by atoms with E-state index in [1.807, 2.05) is 18.3 Å². The van der Waals surface area contributed by atoms with E-state index in [9.17, 15) is 0 Å². The number of aromatic nitrogens is 3. The Morgan fingerprint density at radius 2 is 1.76 bits per heavy atom. The van der Waals surface area contributed by atoms with Crippen LogP contribution in [0.1, 0.15) is 13.8 Å². The van der Waals surface area contributed by atoms with Gasteiger partial charge in [-0.2, -0.15) is 0 Å². The zero-order chi connectivity index (χ0) is 20.5. The lowest BCUT2D eigenvalue weighted by Crippen LogP contribution is -2.26. The Hall–Kier alpha value is -2.99. The predicted molar refractivity (Wildman–Crippen MR) is 118 cm³/mol. The van der Waals surface area contributed by atoms with Crippen LogP contribution in [0.3, 0.4) is 0 Å². The lowest BCUT2D eigenvalue weighted by Gasteiger charge is -2.21. The highest BCUT2D eigenvalue weighted by atomic mass is 16.5. The molecule has 0 saturated heterocycles. The van der Waals surface area contributed by atoms with Gasteiger partial charge in [-0.3, -0.25) is 4.90 Å². The molecule has 6 nitrogen and oxygen atoms in total. The summed E-state index contributed by atoms with van der Waals surface area (Å²) in [4.78, 5) is 7.08. The van der Waals surface area contributed by atoms with Crippen LogP contribution in [0.25, 0.3) is 33.2 Å². The molecule has 4 aromatic rings. The van der Waals surface area contributed by atoms with Crippen molar-refractivity contribution < 1.29 is 9.47 Å². The van der Waals surface area contributed by atoms with Crippen LogP contribution in [0.4, 0.5) is 0 Å². The average Bonchev–Trinajstić information content (AvgIpc) is 3.28. The second kappa shape index (κ2) is 7.79. The van der Waals surface area contributed by atoms with Gasteiger partial charge in [0.25, 0.3) is 0 Å². The fraction of sp³-hybridized carbons (Fsp3) is 0.348.